The van der Waals surface area contributed by atoms with Gasteiger partial charge in [0.05, 0.1) is 0 Å². The lowest BCUT2D eigenvalue weighted by Gasteiger charge is -2.33. The van der Waals surface area contributed by atoms with Crippen molar-refractivity contribution < 1.29 is 9.22 Å². The van der Waals surface area contributed by atoms with Crippen LogP contribution >= 0.6 is 0 Å². The molecule has 0 radical (unpaired) electrons. The zero-order valence-corrected chi connectivity index (χ0v) is 17.7. The first-order valence-corrected chi connectivity index (χ1v) is 12.0. The van der Waals surface area contributed by atoms with E-state index in [1.807, 2.05) is 73.6 Å². The van der Waals surface area contributed by atoms with Crippen molar-refractivity contribution in [1.29, 1.82) is 0 Å². The molecule has 0 fully saturated rings. The lowest BCUT2D eigenvalue weighted by molar-refractivity contribution is 0.0772. The van der Waals surface area contributed by atoms with Crippen molar-refractivity contribution in [3.63, 3.8) is 0 Å². The van der Waals surface area contributed by atoms with Gasteiger partial charge in [-0.05, 0) is 48.0 Å². The summed E-state index contributed by atoms with van der Waals surface area (Å²) in [4.78, 5) is 15.4. The predicted octanol–water partition coefficient (Wildman–Crippen LogP) is 5.70. The topological polar surface area (TPSA) is 29.5 Å². The maximum Gasteiger partial charge on any atom is 0.194 e. The second-order valence-electron chi connectivity index (χ2n) is 6.96. The Morgan fingerprint density at radius 2 is 1.46 bits per heavy atom. The second kappa shape index (κ2) is 9.15. The van der Waals surface area contributed by atoms with Gasteiger partial charge in [0.25, 0.3) is 0 Å². The van der Waals surface area contributed by atoms with Crippen molar-refractivity contribution in [2.45, 2.75) is 45.0 Å². The van der Waals surface area contributed by atoms with Gasteiger partial charge in [-0.25, -0.2) is 0 Å². The summed E-state index contributed by atoms with van der Waals surface area (Å²) in [7, 11) is 2.08. The molecule has 0 aliphatic rings. The second-order valence-corrected chi connectivity index (χ2v) is 11.7. The van der Waals surface area contributed by atoms with E-state index in [-0.39, 0.29) is 5.78 Å². The molecule has 0 bridgehead atoms. The smallest absolute Gasteiger partial charge is 0.194 e. The van der Waals surface area contributed by atoms with Crippen molar-refractivity contribution in [3.8, 4) is 0 Å². The van der Waals surface area contributed by atoms with Crippen molar-refractivity contribution in [1.82, 2.24) is 0 Å². The fraction of sp³-hybridized carbons (Fsp3) is 0.409. The summed E-state index contributed by atoms with van der Waals surface area (Å²) in [5.74, 6) is 0.0498. The number of benzene rings is 2. The van der Waals surface area contributed by atoms with Gasteiger partial charge in [-0.2, -0.15) is 0 Å². The summed E-state index contributed by atoms with van der Waals surface area (Å²) in [5.41, 5.74) is 2.73. The highest BCUT2D eigenvalue weighted by Gasteiger charge is 2.35. The molecule has 26 heavy (non-hydrogen) atoms. The minimum atomic E-state index is -1.92. The van der Waals surface area contributed by atoms with Crippen LogP contribution in [0.2, 0.25) is 18.1 Å². The van der Waals surface area contributed by atoms with Crippen molar-refractivity contribution in [2.75, 3.05) is 19.0 Å². The van der Waals surface area contributed by atoms with Crippen LogP contribution in [0.3, 0.4) is 0 Å². The van der Waals surface area contributed by atoms with E-state index in [9.17, 15) is 4.79 Å². The normalized spacial score (nSPS) is 12.7. The molecule has 0 aliphatic heterocycles. The molecule has 0 N–H and O–H groups in total. The zero-order chi connectivity index (χ0) is 19.2. The number of nitrogens with zero attached hydrogens (tertiary/aromatic N) is 1. The average Bonchev–Trinajstić information content (AvgIpc) is 2.70. The number of rotatable bonds is 9. The summed E-state index contributed by atoms with van der Waals surface area (Å²) < 4.78 is 6.64. The van der Waals surface area contributed by atoms with Crippen LogP contribution in [-0.2, 0) is 4.43 Å². The van der Waals surface area contributed by atoms with Crippen LogP contribution in [-0.4, -0.2) is 28.2 Å². The number of Topliss-reactive ketones (excluding diaryl/α,β-unsaturated/α-hetero) is 1. The summed E-state index contributed by atoms with van der Waals surface area (Å²) in [5, 5.41) is 0. The van der Waals surface area contributed by atoms with E-state index in [4.69, 9.17) is 4.43 Å². The molecule has 2 aromatic carbocycles. The maximum absolute atomic E-state index is 13.3. The highest BCUT2D eigenvalue weighted by Crippen LogP contribution is 2.32. The van der Waals surface area contributed by atoms with Crippen LogP contribution in [0.4, 0.5) is 5.69 Å². The van der Waals surface area contributed by atoms with E-state index in [0.29, 0.717) is 5.56 Å². The summed E-state index contributed by atoms with van der Waals surface area (Å²) in [6.45, 7) is 6.58. The Bertz CT molecular complexity index is 686. The van der Waals surface area contributed by atoms with Crippen LogP contribution in [0.25, 0.3) is 0 Å². The Kier molecular flexibility index (Phi) is 7.18. The van der Waals surface area contributed by atoms with Crippen LogP contribution in [0.1, 0.15) is 42.8 Å². The molecule has 0 spiro atoms. The Morgan fingerprint density at radius 1 is 0.923 bits per heavy atom. The number of hydrogen-bond donors (Lipinski definition) is 0. The molecule has 0 heterocycles. The van der Waals surface area contributed by atoms with Crippen LogP contribution in [0, 0.1) is 0 Å². The molecule has 0 aromatic heterocycles. The third-order valence-corrected chi connectivity index (χ3v) is 9.91. The van der Waals surface area contributed by atoms with E-state index in [1.54, 1.807) is 0 Å². The number of carbonyl (C=O) groups excluding carboxylic acids is 1. The van der Waals surface area contributed by atoms with Crippen LogP contribution in [0.15, 0.2) is 54.6 Å². The largest absolute Gasteiger partial charge is 0.403 e. The number of anilines is 1. The number of ketones is 1. The first kappa shape index (κ1) is 20.4. The predicted molar refractivity (Wildman–Crippen MR) is 113 cm³/mol. The standard InChI is InChI=1S/C22H31NO2Si/c1-6-26(7-2,8-3)25-22(19-12-10-9-11-13-19)21(24)18-14-16-20(17-15-18)23(4)5/h9-17,22H,6-8H2,1-5H3/t22-/m0/s1. The molecule has 0 aliphatic carbocycles. The molecule has 1 atom stereocenters. The molecule has 4 heteroatoms. The summed E-state index contributed by atoms with van der Waals surface area (Å²) in [6.07, 6.45) is -0.520. The fourth-order valence-electron chi connectivity index (χ4n) is 3.23. The molecular weight excluding hydrogens is 338 g/mol. The van der Waals surface area contributed by atoms with E-state index < -0.39 is 14.4 Å². The SMILES string of the molecule is CC[Si](CC)(CC)O[C@H](C(=O)c1ccc(N(C)C)cc1)c1ccccc1. The quantitative estimate of drug-likeness (QED) is 0.419. The Hall–Kier alpha value is -1.91. The van der Waals surface area contributed by atoms with Gasteiger partial charge in [0, 0.05) is 25.3 Å². The molecule has 2 aromatic rings. The molecule has 0 saturated carbocycles. The van der Waals surface area contributed by atoms with Gasteiger partial charge < -0.3 is 9.33 Å². The van der Waals surface area contributed by atoms with Crippen molar-refractivity contribution >= 4 is 19.8 Å². The molecule has 140 valence electrons. The maximum atomic E-state index is 13.3. The molecule has 0 amide bonds. The van der Waals surface area contributed by atoms with Crippen LogP contribution in [0.5, 0.6) is 0 Å². The lowest BCUT2D eigenvalue weighted by atomic mass is 10.00. The van der Waals surface area contributed by atoms with Gasteiger partial charge in [-0.3, -0.25) is 4.79 Å². The average molecular weight is 370 g/mol. The van der Waals surface area contributed by atoms with Gasteiger partial charge in [-0.15, -0.1) is 0 Å². The van der Waals surface area contributed by atoms with Gasteiger partial charge >= 0.3 is 0 Å². The first-order valence-electron chi connectivity index (χ1n) is 9.50. The zero-order valence-electron chi connectivity index (χ0n) is 16.7. The minimum Gasteiger partial charge on any atom is -0.403 e. The number of hydrogen-bond acceptors (Lipinski definition) is 3. The fourth-order valence-corrected chi connectivity index (χ4v) is 5.97. The Balaban J connectivity index is 2.38. The van der Waals surface area contributed by atoms with Gasteiger partial charge in [0.2, 0.25) is 0 Å². The summed E-state index contributed by atoms with van der Waals surface area (Å²) >= 11 is 0. The lowest BCUT2D eigenvalue weighted by Crippen LogP contribution is -2.39. The minimum absolute atomic E-state index is 0.0498. The third kappa shape index (κ3) is 4.62. The molecule has 0 unspecified atom stereocenters. The number of carbonyl (C=O) groups is 1. The molecule has 0 saturated heterocycles. The van der Waals surface area contributed by atoms with E-state index in [2.05, 4.69) is 20.8 Å². The van der Waals surface area contributed by atoms with Crippen molar-refractivity contribution in [3.05, 3.63) is 65.7 Å². The first-order chi connectivity index (χ1) is 12.5. The van der Waals surface area contributed by atoms with E-state index in [0.717, 1.165) is 29.4 Å². The molecular formula is C22H31NO2Si. The van der Waals surface area contributed by atoms with E-state index >= 15 is 0 Å². The van der Waals surface area contributed by atoms with Gasteiger partial charge in [-0.1, -0.05) is 51.1 Å². The Labute approximate surface area is 159 Å². The third-order valence-electron chi connectivity index (χ3n) is 5.31. The molecule has 3 nitrogen and oxygen atoms in total. The summed E-state index contributed by atoms with van der Waals surface area (Å²) in [6, 6.07) is 20.8. The highest BCUT2D eigenvalue weighted by atomic mass is 28.4. The van der Waals surface area contributed by atoms with Gasteiger partial charge in [0.1, 0.15) is 6.10 Å². The van der Waals surface area contributed by atoms with E-state index in [1.165, 1.54) is 0 Å². The van der Waals surface area contributed by atoms with Gasteiger partial charge in [0.15, 0.2) is 14.1 Å². The highest BCUT2D eigenvalue weighted by molar-refractivity contribution is 6.73. The Morgan fingerprint density at radius 3 is 1.92 bits per heavy atom. The monoisotopic (exact) mass is 369 g/mol. The van der Waals surface area contributed by atoms with Crippen molar-refractivity contribution in [2.24, 2.45) is 0 Å². The molecule has 2 rings (SSSR count). The van der Waals surface area contributed by atoms with Crippen LogP contribution < -0.4 is 4.90 Å².